The molecule has 200 valence electrons. The van der Waals surface area contributed by atoms with Crippen LogP contribution in [0.2, 0.25) is 0 Å². The average molecular weight is 538 g/mol. The van der Waals surface area contributed by atoms with Gasteiger partial charge in [0.25, 0.3) is 0 Å². The molecule has 10 nitrogen and oxygen atoms in total. The van der Waals surface area contributed by atoms with E-state index in [2.05, 4.69) is 24.9 Å². The molecule has 1 fully saturated rings. The number of aromatic nitrogens is 4. The van der Waals surface area contributed by atoms with E-state index in [1.807, 2.05) is 20.8 Å². The number of carbonyl (C=O) groups excluding carboxylic acids is 1. The summed E-state index contributed by atoms with van der Waals surface area (Å²) in [7, 11) is -2.40. The van der Waals surface area contributed by atoms with Crippen LogP contribution in [0, 0.1) is 0 Å². The van der Waals surface area contributed by atoms with Crippen LogP contribution in [0.1, 0.15) is 74.5 Å². The molecule has 11 heteroatoms. The molecule has 2 heterocycles. The molecule has 0 amide bonds. The highest BCUT2D eigenvalue weighted by atomic mass is 32.2. The van der Waals surface area contributed by atoms with E-state index in [-0.39, 0.29) is 22.3 Å². The van der Waals surface area contributed by atoms with E-state index in [9.17, 15) is 13.2 Å². The average Bonchev–Trinajstić information content (AvgIpc) is 3.56. The van der Waals surface area contributed by atoms with Crippen molar-refractivity contribution in [1.82, 2.24) is 24.9 Å². The van der Waals surface area contributed by atoms with Gasteiger partial charge < -0.3 is 14.1 Å². The van der Waals surface area contributed by atoms with Gasteiger partial charge in [-0.3, -0.25) is 0 Å². The number of hydrogen-bond donors (Lipinski definition) is 2. The summed E-state index contributed by atoms with van der Waals surface area (Å²) in [6, 6.07) is 11.5. The monoisotopic (exact) mass is 537 g/mol. The van der Waals surface area contributed by atoms with E-state index in [1.165, 1.54) is 7.11 Å². The lowest BCUT2D eigenvalue weighted by molar-refractivity contribution is 0.0600. The zero-order valence-corrected chi connectivity index (χ0v) is 22.6. The van der Waals surface area contributed by atoms with Crippen molar-refractivity contribution in [2.45, 2.75) is 68.7 Å². The Bertz CT molecular complexity index is 1560. The molecular weight excluding hydrogens is 506 g/mol. The van der Waals surface area contributed by atoms with Gasteiger partial charge in [-0.25, -0.2) is 22.9 Å². The van der Waals surface area contributed by atoms with Crippen molar-refractivity contribution in [3.05, 3.63) is 59.8 Å². The minimum Gasteiger partial charge on any atom is -0.465 e. The van der Waals surface area contributed by atoms with E-state index in [4.69, 9.17) is 9.15 Å². The predicted molar refractivity (Wildman–Crippen MR) is 141 cm³/mol. The molecule has 0 atom stereocenters. The van der Waals surface area contributed by atoms with Crippen LogP contribution in [-0.4, -0.2) is 47.7 Å². The van der Waals surface area contributed by atoms with Gasteiger partial charge in [-0.05, 0) is 56.0 Å². The minimum absolute atomic E-state index is 0.139. The van der Waals surface area contributed by atoms with Crippen LogP contribution in [0.4, 0.5) is 0 Å². The summed E-state index contributed by atoms with van der Waals surface area (Å²) in [4.78, 5) is 19.6. The molecule has 4 aromatic rings. The maximum Gasteiger partial charge on any atom is 0.337 e. The van der Waals surface area contributed by atoms with Gasteiger partial charge in [0.1, 0.15) is 5.82 Å². The summed E-state index contributed by atoms with van der Waals surface area (Å²) < 4.78 is 39.9. The normalized spacial score (nSPS) is 18.5. The zero-order valence-electron chi connectivity index (χ0n) is 21.8. The van der Waals surface area contributed by atoms with Crippen LogP contribution in [0.3, 0.4) is 0 Å². The second-order valence-electron chi connectivity index (χ2n) is 10.7. The van der Waals surface area contributed by atoms with Gasteiger partial charge in [-0.1, -0.05) is 32.9 Å². The number of H-pyrrole nitrogens is 1. The third-order valence-corrected chi connectivity index (χ3v) is 8.34. The molecule has 0 saturated heterocycles. The van der Waals surface area contributed by atoms with Crippen molar-refractivity contribution in [2.75, 3.05) is 7.11 Å². The predicted octanol–water partition coefficient (Wildman–Crippen LogP) is 4.70. The summed E-state index contributed by atoms with van der Waals surface area (Å²) in [5, 5.41) is 8.42. The smallest absolute Gasteiger partial charge is 0.337 e. The third kappa shape index (κ3) is 5.34. The summed E-state index contributed by atoms with van der Waals surface area (Å²) in [5.41, 5.74) is 2.25. The first-order valence-electron chi connectivity index (χ1n) is 12.6. The fraction of sp³-hybridized carbons (Fsp3) is 0.407. The zero-order chi connectivity index (χ0) is 27.1. The van der Waals surface area contributed by atoms with Crippen molar-refractivity contribution >= 4 is 27.0 Å². The van der Waals surface area contributed by atoms with Gasteiger partial charge in [-0.15, -0.1) is 10.2 Å². The van der Waals surface area contributed by atoms with Crippen LogP contribution in [0.25, 0.3) is 22.4 Å². The standard InChI is InChI=1S/C27H31N5O5S/c1-27(2,3)26-31-30-24(37-26)17-9-11-19(12-10-17)32-38(34,35)20-13-14-21-22(15-20)29-23(28-21)16-5-7-18(8-6-16)25(33)36-4/h5-8,13-15,17,19,32H,9-12H2,1-4H3,(H,28,29). The second kappa shape index (κ2) is 9.95. The first-order valence-corrected chi connectivity index (χ1v) is 14.1. The van der Waals surface area contributed by atoms with Crippen LogP contribution in [0.5, 0.6) is 0 Å². The maximum atomic E-state index is 13.2. The Kier molecular flexibility index (Phi) is 6.83. The number of methoxy groups -OCH3 is 1. The van der Waals surface area contributed by atoms with Gasteiger partial charge in [0.05, 0.1) is 28.6 Å². The Labute approximate surface area is 221 Å². The van der Waals surface area contributed by atoms with E-state index in [0.29, 0.717) is 47.0 Å². The largest absolute Gasteiger partial charge is 0.465 e. The Morgan fingerprint density at radius 3 is 2.39 bits per heavy atom. The first-order chi connectivity index (χ1) is 18.0. The molecule has 1 aliphatic rings. The van der Waals surface area contributed by atoms with Crippen molar-refractivity contribution in [2.24, 2.45) is 0 Å². The van der Waals surface area contributed by atoms with Gasteiger partial charge >= 0.3 is 5.97 Å². The van der Waals surface area contributed by atoms with E-state index in [0.717, 1.165) is 18.4 Å². The number of nitrogens with one attached hydrogen (secondary N) is 2. The Balaban J connectivity index is 1.26. The molecule has 0 unspecified atom stereocenters. The fourth-order valence-electron chi connectivity index (χ4n) is 4.62. The number of aromatic amines is 1. The molecule has 1 aliphatic carbocycles. The third-order valence-electron chi connectivity index (χ3n) is 6.82. The number of nitrogens with zero attached hydrogens (tertiary/aromatic N) is 3. The summed E-state index contributed by atoms with van der Waals surface area (Å²) >= 11 is 0. The number of rotatable bonds is 6. The number of carbonyl (C=O) groups is 1. The summed E-state index contributed by atoms with van der Waals surface area (Å²) in [6.45, 7) is 6.09. The number of benzene rings is 2. The number of ether oxygens (including phenoxy) is 1. The molecule has 1 saturated carbocycles. The van der Waals surface area contributed by atoms with Gasteiger partial charge in [0, 0.05) is 22.9 Å². The number of sulfonamides is 1. The Morgan fingerprint density at radius 2 is 1.76 bits per heavy atom. The molecule has 2 aromatic heterocycles. The molecule has 0 aliphatic heterocycles. The van der Waals surface area contributed by atoms with Gasteiger partial charge in [0.15, 0.2) is 0 Å². The molecular formula is C27H31N5O5S. The lowest BCUT2D eigenvalue weighted by Crippen LogP contribution is -2.37. The number of imidazole rings is 1. The maximum absolute atomic E-state index is 13.2. The summed E-state index contributed by atoms with van der Waals surface area (Å²) in [5.74, 6) is 1.55. The molecule has 5 rings (SSSR count). The fourth-order valence-corrected chi connectivity index (χ4v) is 5.94. The van der Waals surface area contributed by atoms with E-state index >= 15 is 0 Å². The quantitative estimate of drug-likeness (QED) is 0.337. The topological polar surface area (TPSA) is 140 Å². The summed E-state index contributed by atoms with van der Waals surface area (Å²) in [6.07, 6.45) is 2.92. The lowest BCUT2D eigenvalue weighted by Gasteiger charge is -2.27. The van der Waals surface area contributed by atoms with Crippen molar-refractivity contribution in [1.29, 1.82) is 0 Å². The van der Waals surface area contributed by atoms with Crippen LogP contribution in [0.15, 0.2) is 51.8 Å². The highest BCUT2D eigenvalue weighted by molar-refractivity contribution is 7.89. The number of hydrogen-bond acceptors (Lipinski definition) is 8. The molecule has 2 aromatic carbocycles. The highest BCUT2D eigenvalue weighted by Crippen LogP contribution is 2.34. The molecule has 0 spiro atoms. The first kappa shape index (κ1) is 26.1. The number of fused-ring (bicyclic) bond motifs is 1. The molecule has 0 radical (unpaired) electrons. The van der Waals surface area contributed by atoms with Gasteiger partial charge in [-0.2, -0.15) is 0 Å². The molecule has 2 N–H and O–H groups in total. The Hall–Kier alpha value is -3.57. The number of esters is 1. The lowest BCUT2D eigenvalue weighted by atomic mass is 9.86. The Morgan fingerprint density at radius 1 is 1.05 bits per heavy atom. The van der Waals surface area contributed by atoms with Crippen molar-refractivity contribution in [3.8, 4) is 11.4 Å². The van der Waals surface area contributed by atoms with Gasteiger partial charge in [0.2, 0.25) is 21.8 Å². The SMILES string of the molecule is COC(=O)c1ccc(-c2nc3cc(S(=O)(=O)NC4CCC(c5nnc(C(C)(C)C)o5)CC4)ccc3[nH]2)cc1. The van der Waals surface area contributed by atoms with Crippen molar-refractivity contribution < 1.29 is 22.4 Å². The van der Waals surface area contributed by atoms with Crippen LogP contribution >= 0.6 is 0 Å². The second-order valence-corrected chi connectivity index (χ2v) is 12.4. The highest BCUT2D eigenvalue weighted by Gasteiger charge is 2.31. The van der Waals surface area contributed by atoms with Crippen molar-refractivity contribution in [3.63, 3.8) is 0 Å². The van der Waals surface area contributed by atoms with E-state index < -0.39 is 16.0 Å². The minimum atomic E-state index is -3.73. The molecule has 0 bridgehead atoms. The molecule has 38 heavy (non-hydrogen) atoms. The van der Waals surface area contributed by atoms with Crippen LogP contribution in [-0.2, 0) is 20.2 Å². The van der Waals surface area contributed by atoms with Crippen LogP contribution < -0.4 is 4.72 Å². The van der Waals surface area contributed by atoms with E-state index in [1.54, 1.807) is 42.5 Å².